The molecule has 0 bridgehead atoms. The molecule has 3 aromatic rings. The summed E-state index contributed by atoms with van der Waals surface area (Å²) in [5.41, 5.74) is 3.03. The molecule has 0 aromatic carbocycles. The highest BCUT2D eigenvalue weighted by Gasteiger charge is 2.30. The van der Waals surface area contributed by atoms with Crippen molar-refractivity contribution in [3.63, 3.8) is 0 Å². The van der Waals surface area contributed by atoms with E-state index in [4.69, 9.17) is 4.98 Å². The molecule has 0 saturated carbocycles. The summed E-state index contributed by atoms with van der Waals surface area (Å²) in [6.07, 6.45) is 9.14. The summed E-state index contributed by atoms with van der Waals surface area (Å²) in [5, 5.41) is 7.78. The molecule has 1 fully saturated rings. The molecule has 0 amide bonds. The van der Waals surface area contributed by atoms with Crippen LogP contribution >= 0.6 is 11.3 Å². The Hall–Kier alpha value is -2.28. The van der Waals surface area contributed by atoms with Gasteiger partial charge in [0.25, 0.3) is 0 Å². The first-order valence-electron chi connectivity index (χ1n) is 8.79. The van der Waals surface area contributed by atoms with E-state index in [0.29, 0.717) is 6.04 Å². The highest BCUT2D eigenvalue weighted by atomic mass is 32.1. The normalized spacial score (nSPS) is 17.4. The molecule has 4 heterocycles. The first kappa shape index (κ1) is 16.2. The molecule has 0 aliphatic carbocycles. The van der Waals surface area contributed by atoms with Crippen LogP contribution in [0.5, 0.6) is 0 Å². The van der Waals surface area contributed by atoms with Crippen molar-refractivity contribution in [3.8, 4) is 11.3 Å². The largest absolute Gasteiger partial charge is 0.331 e. The predicted molar refractivity (Wildman–Crippen MR) is 99.7 cm³/mol. The van der Waals surface area contributed by atoms with E-state index in [2.05, 4.69) is 33.1 Å². The van der Waals surface area contributed by atoms with Crippen molar-refractivity contribution < 1.29 is 0 Å². The summed E-state index contributed by atoms with van der Waals surface area (Å²) >= 11 is 1.71. The van der Waals surface area contributed by atoms with Gasteiger partial charge in [0.2, 0.25) is 5.95 Å². The first-order valence-corrected chi connectivity index (χ1v) is 9.67. The Morgan fingerprint density at radius 2 is 2.20 bits per heavy atom. The van der Waals surface area contributed by atoms with E-state index < -0.39 is 0 Å². The minimum atomic E-state index is 0.291. The Kier molecular flexibility index (Phi) is 4.48. The zero-order valence-corrected chi connectivity index (χ0v) is 15.4. The second kappa shape index (κ2) is 6.92. The van der Waals surface area contributed by atoms with Crippen LogP contribution in [0.1, 0.15) is 42.9 Å². The first-order chi connectivity index (χ1) is 12.3. The standard InChI is InChI=1S/C18H22N6S/c1-3-9-23-12-14(13(2)22-23)15-6-7-20-18(21-15)24-10-4-5-16(24)17-19-8-11-25-17/h6-8,11-12,16H,3-5,9-10H2,1-2H3/t16-/m1/s1. The Morgan fingerprint density at radius 3 is 3.00 bits per heavy atom. The van der Waals surface area contributed by atoms with Gasteiger partial charge in [0.05, 0.1) is 17.4 Å². The maximum Gasteiger partial charge on any atom is 0.226 e. The average Bonchev–Trinajstić information content (AvgIpc) is 3.35. The van der Waals surface area contributed by atoms with E-state index in [1.54, 1.807) is 11.3 Å². The van der Waals surface area contributed by atoms with E-state index in [0.717, 1.165) is 60.3 Å². The summed E-state index contributed by atoms with van der Waals surface area (Å²) < 4.78 is 2.00. The van der Waals surface area contributed by atoms with Crippen molar-refractivity contribution in [1.82, 2.24) is 24.7 Å². The summed E-state index contributed by atoms with van der Waals surface area (Å²) in [4.78, 5) is 16.2. The molecule has 4 rings (SSSR count). The van der Waals surface area contributed by atoms with Gasteiger partial charge in [0.15, 0.2) is 0 Å². The predicted octanol–water partition coefficient (Wildman–Crippen LogP) is 3.86. The molecule has 0 N–H and O–H groups in total. The molecular weight excluding hydrogens is 332 g/mol. The fraction of sp³-hybridized carbons (Fsp3) is 0.444. The molecular formula is C18H22N6S. The van der Waals surface area contributed by atoms with Gasteiger partial charge >= 0.3 is 0 Å². The van der Waals surface area contributed by atoms with Crippen LogP contribution in [0.3, 0.4) is 0 Å². The van der Waals surface area contributed by atoms with Crippen LogP contribution in [0, 0.1) is 6.92 Å². The highest BCUT2D eigenvalue weighted by molar-refractivity contribution is 7.09. The molecule has 1 aliphatic heterocycles. The van der Waals surface area contributed by atoms with Gasteiger partial charge in [0.1, 0.15) is 5.01 Å². The summed E-state index contributed by atoms with van der Waals surface area (Å²) in [6, 6.07) is 2.26. The molecule has 1 aliphatic rings. The Bertz CT molecular complexity index is 841. The van der Waals surface area contributed by atoms with E-state index in [1.807, 2.05) is 35.4 Å². The van der Waals surface area contributed by atoms with E-state index in [9.17, 15) is 0 Å². The molecule has 25 heavy (non-hydrogen) atoms. The van der Waals surface area contributed by atoms with Crippen LogP contribution in [0.4, 0.5) is 5.95 Å². The second-order valence-corrected chi connectivity index (χ2v) is 7.28. The van der Waals surface area contributed by atoms with E-state index in [-0.39, 0.29) is 0 Å². The third-order valence-corrected chi connectivity index (χ3v) is 5.44. The van der Waals surface area contributed by atoms with Crippen molar-refractivity contribution in [2.45, 2.75) is 45.7 Å². The number of anilines is 1. The zero-order chi connectivity index (χ0) is 17.2. The molecule has 1 saturated heterocycles. The lowest BCUT2D eigenvalue weighted by Crippen LogP contribution is -2.24. The Morgan fingerprint density at radius 1 is 1.28 bits per heavy atom. The minimum absolute atomic E-state index is 0.291. The number of aromatic nitrogens is 5. The van der Waals surface area contributed by atoms with Gasteiger partial charge in [-0.1, -0.05) is 6.92 Å². The van der Waals surface area contributed by atoms with Gasteiger partial charge in [-0.05, 0) is 32.3 Å². The molecule has 6 nitrogen and oxygen atoms in total. The Labute approximate surface area is 151 Å². The SMILES string of the molecule is CCCn1cc(-c2ccnc(N3CCC[C@@H]3c3nccs3)n2)c(C)n1. The molecule has 0 radical (unpaired) electrons. The molecule has 1 atom stereocenters. The number of aryl methyl sites for hydroxylation is 2. The van der Waals surface area contributed by atoms with E-state index in [1.165, 1.54) is 0 Å². The minimum Gasteiger partial charge on any atom is -0.331 e. The van der Waals surface area contributed by atoms with Crippen molar-refractivity contribution in [3.05, 3.63) is 40.7 Å². The third kappa shape index (κ3) is 3.16. The molecule has 130 valence electrons. The van der Waals surface area contributed by atoms with Crippen molar-refractivity contribution >= 4 is 17.3 Å². The van der Waals surface area contributed by atoms with E-state index >= 15 is 0 Å². The number of hydrogen-bond donors (Lipinski definition) is 0. The van der Waals surface area contributed by atoms with Crippen LogP contribution in [0.25, 0.3) is 11.3 Å². The third-order valence-electron chi connectivity index (χ3n) is 4.56. The zero-order valence-electron chi connectivity index (χ0n) is 14.6. The van der Waals surface area contributed by atoms with Crippen LogP contribution in [0.15, 0.2) is 30.0 Å². The highest BCUT2D eigenvalue weighted by Crippen LogP contribution is 2.35. The molecule has 3 aromatic heterocycles. The van der Waals surface area contributed by atoms with Gasteiger partial charge in [-0.15, -0.1) is 11.3 Å². The number of thiazole rings is 1. The van der Waals surface area contributed by atoms with Crippen molar-refractivity contribution in [1.29, 1.82) is 0 Å². The van der Waals surface area contributed by atoms with Gasteiger partial charge in [-0.25, -0.2) is 15.0 Å². The molecule has 0 spiro atoms. The monoisotopic (exact) mass is 354 g/mol. The average molecular weight is 354 g/mol. The second-order valence-electron chi connectivity index (χ2n) is 6.35. The lowest BCUT2D eigenvalue weighted by atomic mass is 10.2. The molecule has 7 heteroatoms. The van der Waals surface area contributed by atoms with Gasteiger partial charge in [-0.2, -0.15) is 5.10 Å². The van der Waals surface area contributed by atoms with Gasteiger partial charge in [0, 0.05) is 42.6 Å². The van der Waals surface area contributed by atoms with Crippen molar-refractivity contribution in [2.24, 2.45) is 0 Å². The lowest BCUT2D eigenvalue weighted by molar-refractivity contribution is 0.598. The summed E-state index contributed by atoms with van der Waals surface area (Å²) in [6.45, 7) is 6.10. The number of hydrogen-bond acceptors (Lipinski definition) is 6. The lowest BCUT2D eigenvalue weighted by Gasteiger charge is -2.23. The maximum absolute atomic E-state index is 4.86. The topological polar surface area (TPSA) is 59.7 Å². The summed E-state index contributed by atoms with van der Waals surface area (Å²) in [7, 11) is 0. The van der Waals surface area contributed by atoms with Crippen LogP contribution in [0.2, 0.25) is 0 Å². The van der Waals surface area contributed by atoms with Gasteiger partial charge in [-0.3, -0.25) is 4.68 Å². The quantitative estimate of drug-likeness (QED) is 0.696. The Balaban J connectivity index is 1.65. The maximum atomic E-state index is 4.86. The van der Waals surface area contributed by atoms with Crippen LogP contribution < -0.4 is 4.90 Å². The van der Waals surface area contributed by atoms with Gasteiger partial charge < -0.3 is 4.90 Å². The summed E-state index contributed by atoms with van der Waals surface area (Å²) in [5.74, 6) is 0.790. The fourth-order valence-corrected chi connectivity index (χ4v) is 4.20. The van der Waals surface area contributed by atoms with Crippen LogP contribution in [-0.4, -0.2) is 31.3 Å². The smallest absolute Gasteiger partial charge is 0.226 e. The number of rotatable bonds is 5. The fourth-order valence-electron chi connectivity index (χ4n) is 3.41. The molecule has 0 unspecified atom stereocenters. The van der Waals surface area contributed by atoms with Crippen molar-refractivity contribution in [2.75, 3.05) is 11.4 Å². The number of nitrogens with zero attached hydrogens (tertiary/aromatic N) is 6. The van der Waals surface area contributed by atoms with Crippen LogP contribution in [-0.2, 0) is 6.54 Å².